The van der Waals surface area contributed by atoms with Crippen LogP contribution in [0.3, 0.4) is 0 Å². The molecule has 2 N–H and O–H groups in total. The van der Waals surface area contributed by atoms with E-state index in [9.17, 15) is 4.79 Å². The van der Waals surface area contributed by atoms with Crippen molar-refractivity contribution in [3.05, 3.63) is 64.7 Å². The Morgan fingerprint density at radius 3 is 2.47 bits per heavy atom. The maximum absolute atomic E-state index is 13.0. The number of benzene rings is 2. The van der Waals surface area contributed by atoms with Crippen LogP contribution >= 0.6 is 11.6 Å². The fourth-order valence-corrected chi connectivity index (χ4v) is 3.49. The minimum Gasteiger partial charge on any atom is -0.456 e. The number of carbonyl (C=O) groups is 1. The normalized spacial score (nSPS) is 12.4. The second-order valence-corrected chi connectivity index (χ2v) is 7.47. The van der Waals surface area contributed by atoms with Crippen LogP contribution in [0.2, 0.25) is 5.02 Å². The minimum atomic E-state index is -0.554. The number of rotatable bonds is 6. The summed E-state index contributed by atoms with van der Waals surface area (Å²) in [6.45, 7) is 2.45. The molecule has 0 unspecified atom stereocenters. The number of methoxy groups -OCH3 is 1. The molecule has 1 atom stereocenters. The SMILES string of the molecule is COC[C@@H](C)OC(=O)c1c(N)n(Cc2ccc(Cl)cc2)c2nc3ccccc3nc12. The van der Waals surface area contributed by atoms with Gasteiger partial charge in [-0.1, -0.05) is 35.9 Å². The molecule has 0 saturated heterocycles. The Bertz CT molecular complexity index is 1220. The van der Waals surface area contributed by atoms with Gasteiger partial charge in [0.1, 0.15) is 23.0 Å². The van der Waals surface area contributed by atoms with Crippen LogP contribution < -0.4 is 5.73 Å². The molecule has 4 aromatic rings. The lowest BCUT2D eigenvalue weighted by molar-refractivity contribution is 0.0123. The van der Waals surface area contributed by atoms with E-state index < -0.39 is 12.1 Å². The molecular formula is C22H21ClN4O3. The number of hydrogen-bond acceptors (Lipinski definition) is 6. The van der Waals surface area contributed by atoms with Gasteiger partial charge in [0.2, 0.25) is 0 Å². The smallest absolute Gasteiger partial charge is 0.344 e. The van der Waals surface area contributed by atoms with Crippen LogP contribution in [0.15, 0.2) is 48.5 Å². The molecule has 0 radical (unpaired) electrons. The first-order valence-corrected chi connectivity index (χ1v) is 9.84. The van der Waals surface area contributed by atoms with Crippen LogP contribution in [-0.2, 0) is 16.0 Å². The molecule has 154 valence electrons. The number of nitrogens with zero attached hydrogens (tertiary/aromatic N) is 3. The van der Waals surface area contributed by atoms with Gasteiger partial charge in [0.05, 0.1) is 24.2 Å². The quantitative estimate of drug-likeness (QED) is 0.469. The van der Waals surface area contributed by atoms with Crippen LogP contribution in [-0.4, -0.2) is 40.3 Å². The average molecular weight is 425 g/mol. The third kappa shape index (κ3) is 3.81. The number of carbonyl (C=O) groups excluding carboxylic acids is 1. The molecule has 0 aliphatic carbocycles. The Hall–Kier alpha value is -3.16. The number of halogens is 1. The van der Waals surface area contributed by atoms with Gasteiger partial charge in [-0.15, -0.1) is 0 Å². The van der Waals surface area contributed by atoms with E-state index in [2.05, 4.69) is 4.98 Å². The van der Waals surface area contributed by atoms with Crippen molar-refractivity contribution in [3.63, 3.8) is 0 Å². The first-order valence-electron chi connectivity index (χ1n) is 9.46. The van der Waals surface area contributed by atoms with Gasteiger partial charge in [-0.05, 0) is 36.8 Å². The summed E-state index contributed by atoms with van der Waals surface area (Å²) in [6, 6.07) is 14.9. The standard InChI is InChI=1S/C22H21ClN4O3/c1-13(12-29-2)30-22(28)18-19-21(26-17-6-4-3-5-16(17)25-19)27(20(18)24)11-14-7-9-15(23)10-8-14/h3-10,13H,11-12,24H2,1-2H3/t13-/m1/s1. The number of para-hydroxylation sites is 2. The van der Waals surface area contributed by atoms with Crippen molar-refractivity contribution < 1.29 is 14.3 Å². The predicted octanol–water partition coefficient (Wildman–Crippen LogP) is 4.06. The number of ether oxygens (including phenoxy) is 2. The van der Waals surface area contributed by atoms with Gasteiger partial charge in [-0.25, -0.2) is 14.8 Å². The van der Waals surface area contributed by atoms with Gasteiger partial charge in [0.15, 0.2) is 5.65 Å². The minimum absolute atomic E-state index is 0.208. The Morgan fingerprint density at radius 2 is 1.80 bits per heavy atom. The van der Waals surface area contributed by atoms with E-state index in [-0.39, 0.29) is 18.0 Å². The Kier molecular flexibility index (Phi) is 5.57. The summed E-state index contributed by atoms with van der Waals surface area (Å²) in [7, 11) is 1.55. The number of fused-ring (bicyclic) bond motifs is 2. The largest absolute Gasteiger partial charge is 0.456 e. The molecular weight excluding hydrogens is 404 g/mol. The van der Waals surface area contributed by atoms with Crippen molar-refractivity contribution in [2.24, 2.45) is 0 Å². The Balaban J connectivity index is 1.87. The summed E-state index contributed by atoms with van der Waals surface area (Å²) in [5.74, 6) is -0.300. The zero-order chi connectivity index (χ0) is 21.3. The zero-order valence-electron chi connectivity index (χ0n) is 16.6. The molecule has 2 aromatic carbocycles. The summed E-state index contributed by atoms with van der Waals surface area (Å²) in [5.41, 5.74) is 9.93. The van der Waals surface area contributed by atoms with Crippen LogP contribution in [0.25, 0.3) is 22.2 Å². The number of nitrogen functional groups attached to an aromatic ring is 1. The Morgan fingerprint density at radius 1 is 1.13 bits per heavy atom. The maximum Gasteiger partial charge on any atom is 0.344 e. The van der Waals surface area contributed by atoms with Crippen molar-refractivity contribution in [2.45, 2.75) is 19.6 Å². The van der Waals surface area contributed by atoms with E-state index in [0.29, 0.717) is 33.8 Å². The Labute approximate surface area is 178 Å². The topological polar surface area (TPSA) is 92.3 Å². The summed E-state index contributed by atoms with van der Waals surface area (Å²) < 4.78 is 12.3. The van der Waals surface area contributed by atoms with Crippen molar-refractivity contribution in [1.29, 1.82) is 0 Å². The van der Waals surface area contributed by atoms with Crippen molar-refractivity contribution in [2.75, 3.05) is 19.5 Å². The zero-order valence-corrected chi connectivity index (χ0v) is 17.4. The third-order valence-corrected chi connectivity index (χ3v) is 5.01. The lowest BCUT2D eigenvalue weighted by Gasteiger charge is -2.12. The number of nitrogens with two attached hydrogens (primary N) is 1. The fourth-order valence-electron chi connectivity index (χ4n) is 3.36. The number of anilines is 1. The van der Waals surface area contributed by atoms with Gasteiger partial charge in [0.25, 0.3) is 0 Å². The first-order chi connectivity index (χ1) is 14.5. The van der Waals surface area contributed by atoms with Crippen molar-refractivity contribution in [3.8, 4) is 0 Å². The second kappa shape index (κ2) is 8.30. The first kappa shape index (κ1) is 20.1. The monoisotopic (exact) mass is 424 g/mol. The fraction of sp³-hybridized carbons (Fsp3) is 0.227. The van der Waals surface area contributed by atoms with Gasteiger partial charge in [0, 0.05) is 12.1 Å². The van der Waals surface area contributed by atoms with Gasteiger partial charge in [-0.2, -0.15) is 0 Å². The van der Waals surface area contributed by atoms with E-state index in [1.807, 2.05) is 36.4 Å². The second-order valence-electron chi connectivity index (χ2n) is 7.03. The van der Waals surface area contributed by atoms with Crippen LogP contribution in [0, 0.1) is 0 Å². The molecule has 4 rings (SSSR count). The number of hydrogen-bond donors (Lipinski definition) is 1. The van der Waals surface area contributed by atoms with E-state index in [1.54, 1.807) is 30.7 Å². The molecule has 0 saturated carbocycles. The highest BCUT2D eigenvalue weighted by atomic mass is 35.5. The van der Waals surface area contributed by atoms with E-state index in [0.717, 1.165) is 5.56 Å². The highest BCUT2D eigenvalue weighted by molar-refractivity contribution is 6.30. The highest BCUT2D eigenvalue weighted by Crippen LogP contribution is 2.29. The predicted molar refractivity (Wildman–Crippen MR) is 117 cm³/mol. The molecule has 30 heavy (non-hydrogen) atoms. The van der Waals surface area contributed by atoms with Crippen LogP contribution in [0.1, 0.15) is 22.8 Å². The van der Waals surface area contributed by atoms with Gasteiger partial charge < -0.3 is 19.8 Å². The maximum atomic E-state index is 13.0. The van der Waals surface area contributed by atoms with E-state index in [1.165, 1.54) is 0 Å². The summed E-state index contributed by atoms with van der Waals surface area (Å²) in [5, 5.41) is 0.645. The van der Waals surface area contributed by atoms with E-state index >= 15 is 0 Å². The molecule has 0 bridgehead atoms. The van der Waals surface area contributed by atoms with Gasteiger partial charge >= 0.3 is 5.97 Å². The molecule has 0 fully saturated rings. The van der Waals surface area contributed by atoms with E-state index in [4.69, 9.17) is 31.8 Å². The summed E-state index contributed by atoms with van der Waals surface area (Å²) in [6.07, 6.45) is -0.426. The van der Waals surface area contributed by atoms with Crippen LogP contribution in [0.4, 0.5) is 5.82 Å². The molecule has 2 heterocycles. The third-order valence-electron chi connectivity index (χ3n) is 4.76. The molecule has 0 amide bonds. The van der Waals surface area contributed by atoms with Crippen molar-refractivity contribution in [1.82, 2.24) is 14.5 Å². The molecule has 2 aromatic heterocycles. The average Bonchev–Trinajstić information content (AvgIpc) is 2.98. The number of esters is 1. The molecule has 8 heteroatoms. The summed E-state index contributed by atoms with van der Waals surface area (Å²) in [4.78, 5) is 22.4. The van der Waals surface area contributed by atoms with Crippen molar-refractivity contribution >= 4 is 45.6 Å². The van der Waals surface area contributed by atoms with Crippen LogP contribution in [0.5, 0.6) is 0 Å². The van der Waals surface area contributed by atoms with Gasteiger partial charge in [-0.3, -0.25) is 0 Å². The molecule has 0 aliphatic rings. The lowest BCUT2D eigenvalue weighted by Crippen LogP contribution is -2.20. The molecule has 0 aliphatic heterocycles. The molecule has 7 nitrogen and oxygen atoms in total. The number of aromatic nitrogens is 3. The highest BCUT2D eigenvalue weighted by Gasteiger charge is 2.26. The summed E-state index contributed by atoms with van der Waals surface area (Å²) >= 11 is 6.00. The molecule has 0 spiro atoms. The lowest BCUT2D eigenvalue weighted by atomic mass is 10.2.